The van der Waals surface area contributed by atoms with Gasteiger partial charge in [0.1, 0.15) is 0 Å². The van der Waals surface area contributed by atoms with E-state index in [1.807, 2.05) is 12.1 Å². The van der Waals surface area contributed by atoms with E-state index < -0.39 is 11.9 Å². The van der Waals surface area contributed by atoms with E-state index in [4.69, 9.17) is 0 Å². The first-order chi connectivity index (χ1) is 17.4. The summed E-state index contributed by atoms with van der Waals surface area (Å²) < 4.78 is 1.96. The van der Waals surface area contributed by atoms with Gasteiger partial charge >= 0.3 is 5.97 Å². The fourth-order valence-electron chi connectivity index (χ4n) is 5.58. The molecular formula is C28H21Br2N3O3. The summed E-state index contributed by atoms with van der Waals surface area (Å²) >= 11 is 7.32. The number of carboxylic acid groups (broad SMARTS) is 1. The van der Waals surface area contributed by atoms with Crippen LogP contribution in [0.2, 0.25) is 0 Å². The largest absolute Gasteiger partial charge is 0.476 e. The standard InChI is InChI=1S/C28H21Br2N3O3/c29-17-9-11-18(12-10-17)32-24-8-4-7-20(24)21-13-16(15-23(30)26(21)32)14-22-25(28(35)36)31-33(27(22)34)19-5-2-1-3-6-19/h1-3,5-6,9-15,20,24H,4,7-8H2,(H,35,36). The van der Waals surface area contributed by atoms with Crippen molar-refractivity contribution in [2.75, 3.05) is 9.91 Å². The van der Waals surface area contributed by atoms with Crippen LogP contribution in [0.5, 0.6) is 0 Å². The van der Waals surface area contributed by atoms with Gasteiger partial charge in [0, 0.05) is 26.6 Å². The SMILES string of the molecule is O=C(O)C1=NN(c2ccccc2)C(=O)C1=Cc1cc(Br)c2c(c1)C1CCCC1N2c1ccc(Br)cc1. The molecule has 3 aliphatic rings. The molecule has 36 heavy (non-hydrogen) atoms. The molecule has 8 heteroatoms. The van der Waals surface area contributed by atoms with E-state index in [2.05, 4.69) is 72.2 Å². The Labute approximate surface area is 225 Å². The molecule has 6 rings (SSSR count). The lowest BCUT2D eigenvalue weighted by Gasteiger charge is -2.28. The number of hydrogen-bond donors (Lipinski definition) is 1. The predicted octanol–water partition coefficient (Wildman–Crippen LogP) is 6.87. The third kappa shape index (κ3) is 3.79. The van der Waals surface area contributed by atoms with Crippen molar-refractivity contribution in [3.8, 4) is 0 Å². The van der Waals surface area contributed by atoms with Crippen molar-refractivity contribution in [2.45, 2.75) is 31.2 Å². The number of anilines is 3. The maximum absolute atomic E-state index is 13.2. The Morgan fingerprint density at radius 2 is 1.75 bits per heavy atom. The van der Waals surface area contributed by atoms with Crippen molar-refractivity contribution >= 4 is 72.6 Å². The van der Waals surface area contributed by atoms with Gasteiger partial charge in [-0.3, -0.25) is 4.79 Å². The van der Waals surface area contributed by atoms with Crippen LogP contribution in [0.25, 0.3) is 6.08 Å². The highest BCUT2D eigenvalue weighted by molar-refractivity contribution is 9.10. The Morgan fingerprint density at radius 1 is 1.00 bits per heavy atom. The van der Waals surface area contributed by atoms with Gasteiger partial charge in [-0.05, 0) is 94.5 Å². The molecule has 1 amide bonds. The van der Waals surface area contributed by atoms with Crippen molar-refractivity contribution < 1.29 is 14.7 Å². The zero-order valence-corrected chi connectivity index (χ0v) is 22.2. The highest BCUT2D eigenvalue weighted by Crippen LogP contribution is 2.55. The van der Waals surface area contributed by atoms with Crippen molar-refractivity contribution in [2.24, 2.45) is 5.10 Å². The van der Waals surface area contributed by atoms with E-state index in [9.17, 15) is 14.7 Å². The number of rotatable bonds is 4. The highest BCUT2D eigenvalue weighted by Gasteiger charge is 2.43. The lowest BCUT2D eigenvalue weighted by molar-refractivity contribution is -0.129. The van der Waals surface area contributed by atoms with Crippen LogP contribution in [0.3, 0.4) is 0 Å². The molecule has 180 valence electrons. The molecule has 3 aromatic carbocycles. The molecule has 0 radical (unpaired) electrons. The van der Waals surface area contributed by atoms with Crippen molar-refractivity contribution in [1.29, 1.82) is 0 Å². The summed E-state index contributed by atoms with van der Waals surface area (Å²) in [6.07, 6.45) is 5.01. The number of halogens is 2. The average molecular weight is 607 g/mol. The fourth-order valence-corrected chi connectivity index (χ4v) is 6.52. The second kappa shape index (κ2) is 9.01. The Kier molecular flexibility index (Phi) is 5.80. The molecule has 6 nitrogen and oxygen atoms in total. The lowest BCUT2D eigenvalue weighted by Crippen LogP contribution is -2.26. The number of amides is 1. The Hall–Kier alpha value is -3.23. The minimum atomic E-state index is -1.23. The summed E-state index contributed by atoms with van der Waals surface area (Å²) in [5.74, 6) is -1.30. The minimum absolute atomic E-state index is 0.0731. The van der Waals surface area contributed by atoms with E-state index >= 15 is 0 Å². The van der Waals surface area contributed by atoms with Crippen LogP contribution in [0.4, 0.5) is 17.1 Å². The number of benzene rings is 3. The molecule has 0 spiro atoms. The van der Waals surface area contributed by atoms with Gasteiger partial charge < -0.3 is 10.0 Å². The topological polar surface area (TPSA) is 73.2 Å². The second-order valence-corrected chi connectivity index (χ2v) is 10.9. The summed E-state index contributed by atoms with van der Waals surface area (Å²) in [5.41, 5.74) is 4.63. The third-order valence-electron chi connectivity index (χ3n) is 7.06. The highest BCUT2D eigenvalue weighted by atomic mass is 79.9. The number of para-hydroxylation sites is 1. The molecule has 1 fully saturated rings. The van der Waals surface area contributed by atoms with Crippen LogP contribution in [0, 0.1) is 0 Å². The predicted molar refractivity (Wildman–Crippen MR) is 148 cm³/mol. The summed E-state index contributed by atoms with van der Waals surface area (Å²) in [6.45, 7) is 0. The Morgan fingerprint density at radius 3 is 2.47 bits per heavy atom. The van der Waals surface area contributed by atoms with Crippen LogP contribution < -0.4 is 9.91 Å². The van der Waals surface area contributed by atoms with E-state index in [1.54, 1.807) is 30.3 Å². The number of aliphatic carboxylic acids is 1. The molecular weight excluding hydrogens is 586 g/mol. The van der Waals surface area contributed by atoms with Gasteiger partial charge in [0.2, 0.25) is 0 Å². The number of carbonyl (C=O) groups excluding carboxylic acids is 1. The quantitative estimate of drug-likeness (QED) is 0.329. The van der Waals surface area contributed by atoms with Gasteiger partial charge in [-0.15, -0.1) is 0 Å². The maximum Gasteiger partial charge on any atom is 0.357 e. The first-order valence-electron chi connectivity index (χ1n) is 11.7. The van der Waals surface area contributed by atoms with Gasteiger partial charge in [0.05, 0.1) is 16.9 Å². The third-order valence-corrected chi connectivity index (χ3v) is 8.20. The molecule has 2 unspecified atom stereocenters. The molecule has 0 saturated heterocycles. The molecule has 3 aromatic rings. The molecule has 1 N–H and O–H groups in total. The zero-order chi connectivity index (χ0) is 25.0. The minimum Gasteiger partial charge on any atom is -0.476 e. The number of carboxylic acids is 1. The number of nitrogens with zero attached hydrogens (tertiary/aromatic N) is 3. The average Bonchev–Trinajstić information content (AvgIpc) is 3.55. The Bertz CT molecular complexity index is 1450. The van der Waals surface area contributed by atoms with Crippen LogP contribution in [-0.2, 0) is 9.59 Å². The Balaban J connectivity index is 1.43. The van der Waals surface area contributed by atoms with Gasteiger partial charge in [-0.2, -0.15) is 10.1 Å². The molecule has 2 atom stereocenters. The number of carbonyl (C=O) groups is 2. The number of fused-ring (bicyclic) bond motifs is 3. The monoisotopic (exact) mass is 605 g/mol. The normalized spacial score (nSPS) is 21.7. The molecule has 1 saturated carbocycles. The summed E-state index contributed by atoms with van der Waals surface area (Å²) in [5, 5.41) is 15.1. The van der Waals surface area contributed by atoms with Gasteiger partial charge in [0.15, 0.2) is 5.71 Å². The van der Waals surface area contributed by atoms with E-state index in [0.29, 0.717) is 17.6 Å². The van der Waals surface area contributed by atoms with Crippen LogP contribution >= 0.6 is 31.9 Å². The molecule has 2 aliphatic heterocycles. The molecule has 2 heterocycles. The molecule has 0 bridgehead atoms. The maximum atomic E-state index is 13.2. The first-order valence-corrected chi connectivity index (χ1v) is 13.3. The van der Waals surface area contributed by atoms with Crippen molar-refractivity contribution in [1.82, 2.24) is 0 Å². The van der Waals surface area contributed by atoms with Gasteiger partial charge in [0.25, 0.3) is 5.91 Å². The van der Waals surface area contributed by atoms with E-state index in [1.165, 1.54) is 5.56 Å². The number of hydrogen-bond acceptors (Lipinski definition) is 4. The number of hydrazone groups is 1. The first kappa shape index (κ1) is 23.2. The lowest BCUT2D eigenvalue weighted by atomic mass is 9.95. The van der Waals surface area contributed by atoms with Crippen LogP contribution in [0.1, 0.15) is 36.3 Å². The van der Waals surface area contributed by atoms with Gasteiger partial charge in [-0.25, -0.2) is 4.79 Å². The van der Waals surface area contributed by atoms with Crippen molar-refractivity contribution in [3.63, 3.8) is 0 Å². The molecule has 1 aliphatic carbocycles. The second-order valence-electron chi connectivity index (χ2n) is 9.16. The summed E-state index contributed by atoms with van der Waals surface area (Å²) in [4.78, 5) is 27.6. The summed E-state index contributed by atoms with van der Waals surface area (Å²) in [7, 11) is 0. The van der Waals surface area contributed by atoms with E-state index in [-0.39, 0.29) is 11.3 Å². The summed E-state index contributed by atoms with van der Waals surface area (Å²) in [6, 6.07) is 21.7. The zero-order valence-electron chi connectivity index (χ0n) is 19.1. The molecule has 0 aromatic heterocycles. The van der Waals surface area contributed by atoms with Crippen molar-refractivity contribution in [3.05, 3.63) is 92.4 Å². The van der Waals surface area contributed by atoms with Crippen LogP contribution in [0.15, 0.2) is 86.3 Å². The van der Waals surface area contributed by atoms with E-state index in [0.717, 1.165) is 50.2 Å². The van der Waals surface area contributed by atoms with Gasteiger partial charge in [-0.1, -0.05) is 40.5 Å². The fraction of sp³-hybridized carbons (Fsp3) is 0.179. The van der Waals surface area contributed by atoms with Crippen LogP contribution in [-0.4, -0.2) is 28.7 Å². The smallest absolute Gasteiger partial charge is 0.357 e.